The molecule has 0 bridgehead atoms. The Kier molecular flexibility index (Phi) is 7.58. The number of amides is 1. The van der Waals surface area contributed by atoms with Crippen molar-refractivity contribution >= 4 is 52.5 Å². The van der Waals surface area contributed by atoms with Crippen molar-refractivity contribution in [3.63, 3.8) is 0 Å². The van der Waals surface area contributed by atoms with Gasteiger partial charge in [-0.15, -0.1) is 0 Å². The van der Waals surface area contributed by atoms with Crippen LogP contribution in [0.4, 0.5) is 0 Å². The summed E-state index contributed by atoms with van der Waals surface area (Å²) in [4.78, 5) is 14.2. The Hall–Kier alpha value is -2.28. The first-order chi connectivity index (χ1) is 14.4. The van der Waals surface area contributed by atoms with Crippen LogP contribution in [0, 0.1) is 0 Å². The molecule has 158 valence electrons. The number of methoxy groups -OCH3 is 1. The number of unbranched alkanes of at least 4 members (excludes halogenated alkanes) is 1. The van der Waals surface area contributed by atoms with Crippen LogP contribution >= 0.6 is 35.4 Å². The molecule has 1 aliphatic rings. The van der Waals surface area contributed by atoms with Crippen LogP contribution in [0.2, 0.25) is 10.0 Å². The molecule has 30 heavy (non-hydrogen) atoms. The Morgan fingerprint density at radius 2 is 1.93 bits per heavy atom. The maximum absolute atomic E-state index is 12.6. The molecule has 1 N–H and O–H groups in total. The Balaban J connectivity index is 1.82. The van der Waals surface area contributed by atoms with Crippen molar-refractivity contribution in [2.45, 2.75) is 26.4 Å². The molecule has 0 aromatic heterocycles. The van der Waals surface area contributed by atoms with Gasteiger partial charge in [-0.1, -0.05) is 48.7 Å². The monoisotopic (exact) mass is 464 g/mol. The summed E-state index contributed by atoms with van der Waals surface area (Å²) in [7, 11) is 1.59. The number of benzene rings is 2. The van der Waals surface area contributed by atoms with Crippen LogP contribution in [0.1, 0.15) is 30.9 Å². The molecule has 0 radical (unpaired) electrons. The SMILES string of the molecule is CCCCN1C(=O)/C(=C\c2ccc(OC)c(COc3c(Cl)cccc3Cl)c2)NC1=S. The summed E-state index contributed by atoms with van der Waals surface area (Å²) in [5.74, 6) is 0.951. The van der Waals surface area contributed by atoms with Crippen molar-refractivity contribution in [2.24, 2.45) is 0 Å². The summed E-state index contributed by atoms with van der Waals surface area (Å²) >= 11 is 17.7. The number of rotatable bonds is 8. The molecule has 1 amide bonds. The molecule has 0 aliphatic carbocycles. The minimum atomic E-state index is -0.120. The van der Waals surface area contributed by atoms with E-state index in [0.717, 1.165) is 24.0 Å². The highest BCUT2D eigenvalue weighted by Crippen LogP contribution is 2.34. The van der Waals surface area contributed by atoms with Gasteiger partial charge in [0.25, 0.3) is 5.91 Å². The number of nitrogens with zero attached hydrogens (tertiary/aromatic N) is 1. The Morgan fingerprint density at radius 1 is 1.20 bits per heavy atom. The molecule has 0 atom stereocenters. The lowest BCUT2D eigenvalue weighted by Gasteiger charge is -2.13. The molecule has 2 aromatic carbocycles. The van der Waals surface area contributed by atoms with Gasteiger partial charge < -0.3 is 14.8 Å². The lowest BCUT2D eigenvalue weighted by molar-refractivity contribution is -0.122. The van der Waals surface area contributed by atoms with Crippen molar-refractivity contribution in [2.75, 3.05) is 13.7 Å². The number of thiocarbonyl (C=S) groups is 1. The van der Waals surface area contributed by atoms with Crippen molar-refractivity contribution in [1.29, 1.82) is 0 Å². The van der Waals surface area contributed by atoms with Crippen LogP contribution in [-0.2, 0) is 11.4 Å². The molecule has 1 fully saturated rings. The van der Waals surface area contributed by atoms with Crippen LogP contribution in [0.25, 0.3) is 6.08 Å². The lowest BCUT2D eigenvalue weighted by atomic mass is 10.1. The number of hydrogen-bond acceptors (Lipinski definition) is 4. The largest absolute Gasteiger partial charge is 0.496 e. The quantitative estimate of drug-likeness (QED) is 0.416. The minimum absolute atomic E-state index is 0.120. The second kappa shape index (κ2) is 10.2. The maximum Gasteiger partial charge on any atom is 0.276 e. The van der Waals surface area contributed by atoms with Crippen molar-refractivity contribution in [3.8, 4) is 11.5 Å². The fourth-order valence-corrected chi connectivity index (χ4v) is 3.82. The number of carbonyl (C=O) groups excluding carboxylic acids is 1. The minimum Gasteiger partial charge on any atom is -0.496 e. The van der Waals surface area contributed by atoms with Crippen LogP contribution in [0.15, 0.2) is 42.1 Å². The third kappa shape index (κ3) is 5.06. The van der Waals surface area contributed by atoms with E-state index in [0.29, 0.717) is 38.9 Å². The molecule has 2 aromatic rings. The van der Waals surface area contributed by atoms with Gasteiger partial charge in [0.2, 0.25) is 0 Å². The standard InChI is InChI=1S/C22H22Cl2N2O3S/c1-3-4-10-26-21(27)18(25-22(26)30)12-14-8-9-19(28-2)15(11-14)13-29-20-16(23)6-5-7-17(20)24/h5-9,11-12H,3-4,10,13H2,1-2H3,(H,25,30)/b18-12+. The fourth-order valence-electron chi connectivity index (χ4n) is 3.03. The van der Waals surface area contributed by atoms with Crippen molar-refractivity contribution in [1.82, 2.24) is 10.2 Å². The average Bonchev–Trinajstić information content (AvgIpc) is 2.99. The normalized spacial score (nSPS) is 14.9. The van der Waals surface area contributed by atoms with Gasteiger partial charge >= 0.3 is 0 Å². The zero-order valence-corrected chi connectivity index (χ0v) is 19.0. The summed E-state index contributed by atoms with van der Waals surface area (Å²) in [6.07, 6.45) is 3.66. The Bertz CT molecular complexity index is 974. The van der Waals surface area contributed by atoms with E-state index in [1.165, 1.54) is 0 Å². The van der Waals surface area contributed by atoms with Gasteiger partial charge in [-0.3, -0.25) is 9.69 Å². The van der Waals surface area contributed by atoms with E-state index in [1.54, 1.807) is 36.3 Å². The number of carbonyl (C=O) groups is 1. The smallest absolute Gasteiger partial charge is 0.276 e. The van der Waals surface area contributed by atoms with Gasteiger partial charge in [-0.25, -0.2) is 0 Å². The van der Waals surface area contributed by atoms with Gasteiger partial charge in [0, 0.05) is 12.1 Å². The first kappa shape index (κ1) is 22.4. The topological polar surface area (TPSA) is 50.8 Å². The van der Waals surface area contributed by atoms with E-state index in [9.17, 15) is 4.79 Å². The first-order valence-electron chi connectivity index (χ1n) is 9.52. The molecule has 1 aliphatic heterocycles. The molecule has 0 saturated carbocycles. The van der Waals surface area contributed by atoms with Crippen LogP contribution in [0.3, 0.4) is 0 Å². The predicted octanol–water partition coefficient (Wildman–Crippen LogP) is 5.44. The van der Waals surface area contributed by atoms with E-state index < -0.39 is 0 Å². The van der Waals surface area contributed by atoms with Gasteiger partial charge in [-0.05, 0) is 54.5 Å². The van der Waals surface area contributed by atoms with E-state index in [2.05, 4.69) is 12.2 Å². The van der Waals surface area contributed by atoms with Crippen molar-refractivity contribution < 1.29 is 14.3 Å². The van der Waals surface area contributed by atoms with Crippen LogP contribution in [0.5, 0.6) is 11.5 Å². The molecule has 1 saturated heterocycles. The zero-order chi connectivity index (χ0) is 21.7. The fraction of sp³-hybridized carbons (Fsp3) is 0.273. The second-order valence-corrected chi connectivity index (χ2v) is 7.91. The third-order valence-corrected chi connectivity index (χ3v) is 5.52. The van der Waals surface area contributed by atoms with Gasteiger partial charge in [-0.2, -0.15) is 0 Å². The highest BCUT2D eigenvalue weighted by Gasteiger charge is 2.29. The third-order valence-electron chi connectivity index (χ3n) is 4.60. The molecule has 3 rings (SSSR count). The van der Waals surface area contributed by atoms with Crippen molar-refractivity contribution in [3.05, 3.63) is 63.3 Å². The number of nitrogens with one attached hydrogen (secondary N) is 1. The maximum atomic E-state index is 12.6. The number of hydrogen-bond donors (Lipinski definition) is 1. The van der Waals surface area contributed by atoms with E-state index in [-0.39, 0.29) is 12.5 Å². The zero-order valence-electron chi connectivity index (χ0n) is 16.7. The number of para-hydroxylation sites is 1. The van der Waals surface area contributed by atoms with Gasteiger partial charge in [0.15, 0.2) is 10.9 Å². The average molecular weight is 465 g/mol. The highest BCUT2D eigenvalue weighted by atomic mass is 35.5. The first-order valence-corrected chi connectivity index (χ1v) is 10.7. The summed E-state index contributed by atoms with van der Waals surface area (Å²) in [5.41, 5.74) is 2.05. The summed E-state index contributed by atoms with van der Waals surface area (Å²) in [6, 6.07) is 10.8. The van der Waals surface area contributed by atoms with Crippen LogP contribution < -0.4 is 14.8 Å². The summed E-state index contributed by atoms with van der Waals surface area (Å²) < 4.78 is 11.3. The lowest BCUT2D eigenvalue weighted by Crippen LogP contribution is -2.31. The second-order valence-electron chi connectivity index (χ2n) is 6.71. The molecule has 1 heterocycles. The molecule has 0 unspecified atom stereocenters. The molecule has 8 heteroatoms. The van der Waals surface area contributed by atoms with Crippen LogP contribution in [-0.4, -0.2) is 29.6 Å². The molecular weight excluding hydrogens is 443 g/mol. The van der Waals surface area contributed by atoms with E-state index >= 15 is 0 Å². The molecule has 5 nitrogen and oxygen atoms in total. The summed E-state index contributed by atoms with van der Waals surface area (Å²) in [5, 5.41) is 4.30. The van der Waals surface area contributed by atoms with E-state index in [4.69, 9.17) is 44.9 Å². The van der Waals surface area contributed by atoms with Gasteiger partial charge in [0.05, 0.1) is 17.2 Å². The highest BCUT2D eigenvalue weighted by molar-refractivity contribution is 7.80. The van der Waals surface area contributed by atoms with Gasteiger partial charge in [0.1, 0.15) is 18.1 Å². The summed E-state index contributed by atoms with van der Waals surface area (Å²) in [6.45, 7) is 2.88. The molecular formula is C22H22Cl2N2O3S. The van der Waals surface area contributed by atoms with E-state index in [1.807, 2.05) is 18.2 Å². The number of ether oxygens (including phenoxy) is 2. The predicted molar refractivity (Wildman–Crippen MR) is 124 cm³/mol. The molecule has 0 spiro atoms. The Labute approximate surface area is 191 Å². The number of halogens is 2. The Morgan fingerprint density at radius 3 is 2.60 bits per heavy atom.